The molecule has 1 aromatic heterocycles. The molecule has 0 amide bonds. The minimum atomic E-state index is -1.38. The fraction of sp³-hybridized carbons (Fsp3) is 0.444. The molecule has 0 aromatic carbocycles. The molecule has 0 atom stereocenters. The van der Waals surface area contributed by atoms with Crippen molar-refractivity contribution in [1.29, 1.82) is 0 Å². The van der Waals surface area contributed by atoms with Gasteiger partial charge in [0.1, 0.15) is 8.07 Å². The number of pyridine rings is 1. The van der Waals surface area contributed by atoms with Crippen molar-refractivity contribution in [2.75, 3.05) is 7.11 Å². The van der Waals surface area contributed by atoms with Crippen molar-refractivity contribution in [1.82, 2.24) is 4.98 Å². The van der Waals surface area contributed by atoms with E-state index in [2.05, 4.69) is 24.6 Å². The van der Waals surface area contributed by atoms with Gasteiger partial charge >= 0.3 is 0 Å². The zero-order valence-electron chi connectivity index (χ0n) is 9.01. The average Bonchev–Trinajstić information content (AvgIpc) is 2.03. The molecule has 0 aliphatic carbocycles. The Morgan fingerprint density at radius 3 is 2.67 bits per heavy atom. The topological polar surface area (TPSA) is 22.1 Å². The maximum atomic E-state index is 7.50. The number of methoxy groups -OCH3 is 1. The highest BCUT2D eigenvalue weighted by Crippen LogP contribution is 2.05. The third-order valence-electron chi connectivity index (χ3n) is 1.63. The third-order valence-corrected chi connectivity index (χ3v) is 3.45. The Bertz CT molecular complexity index is 309. The Morgan fingerprint density at radius 1 is 1.50 bits per heavy atom. The lowest BCUT2D eigenvalue weighted by molar-refractivity contribution is 0.399. The maximum Gasteiger partial charge on any atom is 0.212 e. The highest BCUT2D eigenvalue weighted by molar-refractivity contribution is 6.88. The van der Waals surface area contributed by atoms with Crippen molar-refractivity contribution in [3.05, 3.63) is 18.2 Å². The summed E-state index contributed by atoms with van der Waals surface area (Å²) in [6, 6.07) is 4.03. The molecule has 0 aliphatic heterocycles. The van der Waals surface area contributed by atoms with Crippen LogP contribution in [-0.4, -0.2) is 20.2 Å². The third kappa shape index (κ3) is 2.07. The number of hydrogen-bond acceptors (Lipinski definition) is 2. The summed E-state index contributed by atoms with van der Waals surface area (Å²) < 4.78 is 12.5. The van der Waals surface area contributed by atoms with Crippen LogP contribution in [0.25, 0.3) is 0 Å². The lowest BCUT2D eigenvalue weighted by Crippen LogP contribution is -2.39. The van der Waals surface area contributed by atoms with Crippen molar-refractivity contribution >= 4 is 13.4 Å². The monoisotopic (exact) mass is 182 g/mol. The Labute approximate surface area is 76.0 Å². The van der Waals surface area contributed by atoms with Gasteiger partial charge in [-0.15, -0.1) is 0 Å². The molecule has 0 radical (unpaired) electrons. The molecule has 0 aliphatic rings. The van der Waals surface area contributed by atoms with Gasteiger partial charge in [0.2, 0.25) is 5.88 Å². The molecule has 1 heterocycles. The molecule has 1 aromatic rings. The highest BCUT2D eigenvalue weighted by Gasteiger charge is 2.18. The first kappa shape index (κ1) is 7.80. The first-order chi connectivity index (χ1) is 5.95. The van der Waals surface area contributed by atoms with Crippen LogP contribution < -0.4 is 10.1 Å². The maximum absolute atomic E-state index is 7.50. The number of rotatable bonds is 2. The summed E-state index contributed by atoms with van der Waals surface area (Å²) >= 11 is 0. The summed E-state index contributed by atoms with van der Waals surface area (Å²) in [6.45, 7) is 6.66. The van der Waals surface area contributed by atoms with Crippen LogP contribution >= 0.6 is 0 Å². The summed E-state index contributed by atoms with van der Waals surface area (Å²) in [4.78, 5) is 4.31. The second-order valence-electron chi connectivity index (χ2n) is 3.73. The Hall–Kier alpha value is -0.833. The van der Waals surface area contributed by atoms with E-state index in [9.17, 15) is 0 Å². The van der Waals surface area contributed by atoms with Crippen LogP contribution in [0.2, 0.25) is 19.6 Å². The molecule has 0 bridgehead atoms. The van der Waals surface area contributed by atoms with E-state index in [-0.39, 0.29) is 0 Å². The van der Waals surface area contributed by atoms with Crippen molar-refractivity contribution in [3.8, 4) is 5.88 Å². The van der Waals surface area contributed by atoms with Gasteiger partial charge in [-0.05, 0) is 6.07 Å². The van der Waals surface area contributed by atoms with Crippen molar-refractivity contribution < 1.29 is 6.11 Å². The van der Waals surface area contributed by atoms with Crippen molar-refractivity contribution in [2.45, 2.75) is 19.6 Å². The highest BCUT2D eigenvalue weighted by atomic mass is 28.3. The summed E-state index contributed by atoms with van der Waals surface area (Å²) in [6.07, 6.45) is 0. The molecular weight excluding hydrogens is 166 g/mol. The van der Waals surface area contributed by atoms with Gasteiger partial charge in [0.15, 0.2) is 0 Å². The predicted octanol–water partition coefficient (Wildman–Crippen LogP) is 1.64. The van der Waals surface area contributed by atoms with Crippen LogP contribution in [0.4, 0.5) is 0 Å². The lowest BCUT2D eigenvalue weighted by atomic mass is 10.5. The molecule has 3 heteroatoms. The number of aromatic nitrogens is 1. The van der Waals surface area contributed by atoms with E-state index in [1.165, 1.54) is 0 Å². The summed E-state index contributed by atoms with van der Waals surface area (Å²) in [5.41, 5.74) is 0. The number of hydrogen-bond donors (Lipinski definition) is 0. The quantitative estimate of drug-likeness (QED) is 0.649. The normalized spacial score (nSPS) is 12.5. The number of nitrogens with zero attached hydrogens (tertiary/aromatic N) is 1. The smallest absolute Gasteiger partial charge is 0.212 e. The van der Waals surface area contributed by atoms with E-state index >= 15 is 0 Å². The van der Waals surface area contributed by atoms with Gasteiger partial charge in [-0.3, -0.25) is 0 Å². The lowest BCUT2D eigenvalue weighted by Gasteiger charge is -2.15. The first-order valence-corrected chi connectivity index (χ1v) is 7.47. The molecule has 2 nitrogen and oxygen atoms in total. The Morgan fingerprint density at radius 2 is 2.17 bits per heavy atom. The molecule has 0 N–H and O–H groups in total. The van der Waals surface area contributed by atoms with Crippen LogP contribution in [0.3, 0.4) is 0 Å². The second kappa shape index (κ2) is 3.27. The SMILES string of the molecule is [2H]c1ccc([Si](C)(C)C)nc1OC. The van der Waals surface area contributed by atoms with Gasteiger partial charge in [-0.25, -0.2) is 4.98 Å². The standard InChI is InChI=1S/C9H15NOSi/c1-11-8-6-5-7-9(10-8)12(2,3)4/h5-7H,1-4H3/i6D. The average molecular weight is 182 g/mol. The summed E-state index contributed by atoms with van der Waals surface area (Å²) in [7, 11) is 0.172. The van der Waals surface area contributed by atoms with Crippen LogP contribution in [0.5, 0.6) is 5.88 Å². The molecule has 12 heavy (non-hydrogen) atoms. The van der Waals surface area contributed by atoms with E-state index in [0.717, 1.165) is 5.32 Å². The minimum absolute atomic E-state index is 0.351. The first-order valence-electron chi connectivity index (χ1n) is 4.47. The second-order valence-corrected chi connectivity index (χ2v) is 8.75. The van der Waals surface area contributed by atoms with Gasteiger partial charge in [-0.1, -0.05) is 25.7 Å². The van der Waals surface area contributed by atoms with E-state index in [1.54, 1.807) is 13.2 Å². The largest absolute Gasteiger partial charge is 0.481 e. The van der Waals surface area contributed by atoms with Crippen molar-refractivity contribution in [3.63, 3.8) is 0 Å². The van der Waals surface area contributed by atoms with Crippen LogP contribution in [0.15, 0.2) is 18.2 Å². The van der Waals surface area contributed by atoms with E-state index in [4.69, 9.17) is 6.11 Å². The van der Waals surface area contributed by atoms with Gasteiger partial charge in [0.25, 0.3) is 0 Å². The molecule has 1 rings (SSSR count). The van der Waals surface area contributed by atoms with E-state index < -0.39 is 8.07 Å². The zero-order valence-corrected chi connectivity index (χ0v) is 9.01. The van der Waals surface area contributed by atoms with Crippen molar-refractivity contribution in [2.24, 2.45) is 0 Å². The summed E-state index contributed by atoms with van der Waals surface area (Å²) in [5.74, 6) is 0.430. The molecular formula is C9H15NOSi. The molecule has 0 spiro atoms. The van der Waals surface area contributed by atoms with E-state index in [0.29, 0.717) is 11.9 Å². The van der Waals surface area contributed by atoms with Gasteiger partial charge in [0, 0.05) is 11.4 Å². The zero-order chi connectivity index (χ0) is 10.1. The van der Waals surface area contributed by atoms with Gasteiger partial charge in [-0.2, -0.15) is 0 Å². The summed E-state index contributed by atoms with van der Waals surface area (Å²) in [5, 5.41) is 1.08. The Balaban J connectivity index is 3.14. The van der Waals surface area contributed by atoms with Crippen LogP contribution in [0, 0.1) is 0 Å². The minimum Gasteiger partial charge on any atom is -0.481 e. The van der Waals surface area contributed by atoms with Crippen LogP contribution in [-0.2, 0) is 0 Å². The fourth-order valence-electron chi connectivity index (χ4n) is 0.893. The molecule has 0 saturated heterocycles. The predicted molar refractivity (Wildman–Crippen MR) is 53.8 cm³/mol. The molecule has 0 unspecified atom stereocenters. The Kier molecular flexibility index (Phi) is 2.12. The number of ether oxygens (including phenoxy) is 1. The van der Waals surface area contributed by atoms with Gasteiger partial charge < -0.3 is 4.74 Å². The van der Waals surface area contributed by atoms with Crippen LogP contribution in [0.1, 0.15) is 1.37 Å². The fourth-order valence-corrected chi connectivity index (χ4v) is 1.91. The molecule has 66 valence electrons. The van der Waals surface area contributed by atoms with E-state index in [1.807, 2.05) is 6.07 Å². The molecule has 0 saturated carbocycles. The van der Waals surface area contributed by atoms with Gasteiger partial charge in [0.05, 0.1) is 8.48 Å². The molecule has 0 fully saturated rings.